The molecule has 0 aliphatic carbocycles. The molecule has 2 aromatic rings. The highest BCUT2D eigenvalue weighted by Gasteiger charge is 2.16. The molecule has 4 nitrogen and oxygen atoms in total. The van der Waals surface area contributed by atoms with Crippen molar-refractivity contribution < 1.29 is 9.59 Å². The fraction of sp³-hybridized carbons (Fsp3) is 0.300. The van der Waals surface area contributed by atoms with Crippen LogP contribution in [-0.2, 0) is 9.59 Å². The van der Waals surface area contributed by atoms with Crippen LogP contribution >= 0.6 is 11.6 Å². The van der Waals surface area contributed by atoms with Gasteiger partial charge in [0.2, 0.25) is 11.8 Å². The van der Waals surface area contributed by atoms with Crippen LogP contribution in [0.3, 0.4) is 0 Å². The molecule has 0 saturated carbocycles. The largest absolute Gasteiger partial charge is 0.326 e. The zero-order chi connectivity index (χ0) is 18.6. The smallest absolute Gasteiger partial charge is 0.226 e. The monoisotopic (exact) mass is 358 g/mol. The lowest BCUT2D eigenvalue weighted by molar-refractivity contribution is -0.117. The van der Waals surface area contributed by atoms with Gasteiger partial charge in [0.05, 0.1) is 0 Å². The summed E-state index contributed by atoms with van der Waals surface area (Å²) in [5, 5.41) is 3.47. The van der Waals surface area contributed by atoms with Crippen molar-refractivity contribution in [3.63, 3.8) is 0 Å². The van der Waals surface area contributed by atoms with Gasteiger partial charge in [-0.05, 0) is 55.7 Å². The molecule has 2 aromatic carbocycles. The third-order valence-electron chi connectivity index (χ3n) is 4.14. The van der Waals surface area contributed by atoms with Crippen molar-refractivity contribution in [3.05, 3.63) is 58.1 Å². The van der Waals surface area contributed by atoms with E-state index in [4.69, 9.17) is 11.6 Å². The number of benzene rings is 2. The molecule has 0 spiro atoms. The lowest BCUT2D eigenvalue weighted by Crippen LogP contribution is -2.32. The van der Waals surface area contributed by atoms with E-state index in [1.54, 1.807) is 17.0 Å². The van der Waals surface area contributed by atoms with E-state index in [2.05, 4.69) is 5.32 Å². The van der Waals surface area contributed by atoms with Crippen LogP contribution in [0.25, 0.3) is 0 Å². The topological polar surface area (TPSA) is 49.4 Å². The molecule has 1 N–H and O–H groups in total. The maximum atomic E-state index is 12.3. The Hall–Kier alpha value is -2.33. The SMILES string of the molecule is CC(=O)N(CCC(=O)Nc1cccc(Cl)c1C)c1cc(C)ccc1C. The summed E-state index contributed by atoms with van der Waals surface area (Å²) in [6.07, 6.45) is 0.207. The number of hydrogen-bond donors (Lipinski definition) is 1. The highest BCUT2D eigenvalue weighted by atomic mass is 35.5. The van der Waals surface area contributed by atoms with Gasteiger partial charge >= 0.3 is 0 Å². The van der Waals surface area contributed by atoms with Crippen LogP contribution in [0.1, 0.15) is 30.0 Å². The van der Waals surface area contributed by atoms with Crippen LogP contribution in [0.5, 0.6) is 0 Å². The Labute approximate surface area is 153 Å². The maximum absolute atomic E-state index is 12.3. The second-order valence-corrected chi connectivity index (χ2v) is 6.58. The Kier molecular flexibility index (Phi) is 6.21. The number of carbonyl (C=O) groups is 2. The number of nitrogens with zero attached hydrogens (tertiary/aromatic N) is 1. The molecule has 0 atom stereocenters. The van der Waals surface area contributed by atoms with Gasteiger partial charge in [-0.1, -0.05) is 29.8 Å². The van der Waals surface area contributed by atoms with Crippen molar-refractivity contribution in [2.45, 2.75) is 34.1 Å². The third kappa shape index (κ3) is 4.83. The predicted octanol–water partition coefficient (Wildman–Crippen LogP) is 4.65. The van der Waals surface area contributed by atoms with Crippen molar-refractivity contribution in [1.82, 2.24) is 0 Å². The first-order chi connectivity index (χ1) is 11.8. The summed E-state index contributed by atoms with van der Waals surface area (Å²) in [6, 6.07) is 11.3. The molecular weight excluding hydrogens is 336 g/mol. The highest BCUT2D eigenvalue weighted by molar-refractivity contribution is 6.31. The highest BCUT2D eigenvalue weighted by Crippen LogP contribution is 2.24. The number of nitrogens with one attached hydrogen (secondary N) is 1. The maximum Gasteiger partial charge on any atom is 0.226 e. The van der Waals surface area contributed by atoms with Gasteiger partial charge in [-0.25, -0.2) is 0 Å². The van der Waals surface area contributed by atoms with Gasteiger partial charge < -0.3 is 10.2 Å². The van der Waals surface area contributed by atoms with Crippen molar-refractivity contribution in [1.29, 1.82) is 0 Å². The average molecular weight is 359 g/mol. The van der Waals surface area contributed by atoms with Crippen LogP contribution in [-0.4, -0.2) is 18.4 Å². The zero-order valence-electron chi connectivity index (χ0n) is 15.0. The minimum Gasteiger partial charge on any atom is -0.326 e. The lowest BCUT2D eigenvalue weighted by atomic mass is 10.1. The Balaban J connectivity index is 2.08. The van der Waals surface area contributed by atoms with E-state index in [9.17, 15) is 9.59 Å². The number of hydrogen-bond acceptors (Lipinski definition) is 2. The first-order valence-electron chi connectivity index (χ1n) is 8.20. The number of halogens is 1. The Morgan fingerprint density at radius 2 is 1.84 bits per heavy atom. The van der Waals surface area contributed by atoms with Crippen molar-refractivity contribution in [2.24, 2.45) is 0 Å². The lowest BCUT2D eigenvalue weighted by Gasteiger charge is -2.23. The second-order valence-electron chi connectivity index (χ2n) is 6.17. The molecule has 0 heterocycles. The first kappa shape index (κ1) is 19.0. The number of amides is 2. The summed E-state index contributed by atoms with van der Waals surface area (Å²) in [7, 11) is 0. The molecule has 0 aromatic heterocycles. The van der Waals surface area contributed by atoms with E-state index in [1.807, 2.05) is 45.0 Å². The predicted molar refractivity (Wildman–Crippen MR) is 103 cm³/mol. The van der Waals surface area contributed by atoms with Crippen LogP contribution < -0.4 is 10.2 Å². The molecule has 0 fully saturated rings. The van der Waals surface area contributed by atoms with Crippen molar-refractivity contribution in [2.75, 3.05) is 16.8 Å². The molecule has 0 saturated heterocycles. The second kappa shape index (κ2) is 8.17. The minimum atomic E-state index is -0.151. The van der Waals surface area contributed by atoms with Gasteiger partial charge in [0.1, 0.15) is 0 Å². The summed E-state index contributed by atoms with van der Waals surface area (Å²) in [5.74, 6) is -0.234. The molecular formula is C20H23ClN2O2. The molecule has 5 heteroatoms. The summed E-state index contributed by atoms with van der Waals surface area (Å²) in [6.45, 7) is 7.64. The van der Waals surface area contributed by atoms with E-state index in [0.717, 1.165) is 22.4 Å². The molecule has 2 amide bonds. The van der Waals surface area contributed by atoms with E-state index < -0.39 is 0 Å². The molecule has 0 bridgehead atoms. The van der Waals surface area contributed by atoms with Gasteiger partial charge in [0.15, 0.2) is 0 Å². The number of carbonyl (C=O) groups excluding carboxylic acids is 2. The van der Waals surface area contributed by atoms with E-state index in [0.29, 0.717) is 17.3 Å². The first-order valence-corrected chi connectivity index (χ1v) is 8.57. The molecule has 25 heavy (non-hydrogen) atoms. The fourth-order valence-corrected chi connectivity index (χ4v) is 2.80. The third-order valence-corrected chi connectivity index (χ3v) is 4.55. The summed E-state index contributed by atoms with van der Waals surface area (Å²) >= 11 is 6.07. The molecule has 2 rings (SSSR count). The summed E-state index contributed by atoms with van der Waals surface area (Å²) < 4.78 is 0. The van der Waals surface area contributed by atoms with Crippen LogP contribution in [0.2, 0.25) is 5.02 Å². The summed E-state index contributed by atoms with van der Waals surface area (Å²) in [5.41, 5.74) is 4.45. The Morgan fingerprint density at radius 1 is 1.12 bits per heavy atom. The molecule has 0 aliphatic rings. The van der Waals surface area contributed by atoms with Crippen molar-refractivity contribution in [3.8, 4) is 0 Å². The van der Waals surface area contributed by atoms with Crippen LogP contribution in [0.15, 0.2) is 36.4 Å². The Bertz CT molecular complexity index is 802. The molecule has 0 radical (unpaired) electrons. The van der Waals surface area contributed by atoms with Crippen molar-refractivity contribution >= 4 is 34.8 Å². The Morgan fingerprint density at radius 3 is 2.52 bits per heavy atom. The van der Waals surface area contributed by atoms with Gasteiger partial charge in [-0.3, -0.25) is 9.59 Å². The normalized spacial score (nSPS) is 10.4. The van der Waals surface area contributed by atoms with Gasteiger partial charge in [-0.2, -0.15) is 0 Å². The van der Waals surface area contributed by atoms with Crippen LogP contribution in [0.4, 0.5) is 11.4 Å². The van der Waals surface area contributed by atoms with Gasteiger partial charge in [-0.15, -0.1) is 0 Å². The fourth-order valence-electron chi connectivity index (χ4n) is 2.63. The van der Waals surface area contributed by atoms with E-state index in [-0.39, 0.29) is 18.2 Å². The minimum absolute atomic E-state index is 0.0829. The van der Waals surface area contributed by atoms with Gasteiger partial charge in [0, 0.05) is 36.3 Å². The number of aryl methyl sites for hydroxylation is 2. The summed E-state index contributed by atoms with van der Waals surface area (Å²) in [4.78, 5) is 26.0. The standard InChI is InChI=1S/C20H23ClN2O2/c1-13-8-9-14(2)19(12-13)23(16(4)24)11-10-20(25)22-18-7-5-6-17(21)15(18)3/h5-9,12H,10-11H2,1-4H3,(H,22,25). The molecule has 0 unspecified atom stereocenters. The van der Waals surface area contributed by atoms with E-state index >= 15 is 0 Å². The quantitative estimate of drug-likeness (QED) is 0.845. The van der Waals surface area contributed by atoms with Crippen LogP contribution in [0, 0.1) is 20.8 Å². The van der Waals surface area contributed by atoms with E-state index in [1.165, 1.54) is 6.92 Å². The molecule has 132 valence electrons. The average Bonchev–Trinajstić information content (AvgIpc) is 2.55. The molecule has 0 aliphatic heterocycles. The number of anilines is 2. The number of rotatable bonds is 5. The zero-order valence-corrected chi connectivity index (χ0v) is 15.8. The van der Waals surface area contributed by atoms with Gasteiger partial charge in [0.25, 0.3) is 0 Å².